The van der Waals surface area contributed by atoms with Gasteiger partial charge in [0.25, 0.3) is 0 Å². The molecular weight excluding hydrogens is 1100 g/mol. The SMILES string of the molecule is CCCCCCCCC(=O)N[C@@H](CC[NH3+])C(=O)N[C@H](C(=O)N[C@@H](CC[NH3+])C(=O)N[C@H]1CCNC(=O)[C@H]([C@@H](C)O)NC(=O)[C@H](CC[NH3+])NC(=O)[C@H](CC[NH3+])NC(=O)[C@H](CC(C)C)NC(=O)[C@@H](Cc2ccccc2)NC(=O)[C@H](CC[NH3+])NC1=O)[C@@H](C)O. The van der Waals surface area contributed by atoms with Gasteiger partial charge in [0, 0.05) is 51.5 Å². The van der Waals surface area contributed by atoms with Crippen LogP contribution in [0.15, 0.2) is 30.3 Å². The number of nitrogens with one attached hydrogen (secondary N) is 11. The van der Waals surface area contributed by atoms with Crippen molar-refractivity contribution in [1.82, 2.24) is 58.5 Å². The van der Waals surface area contributed by atoms with Crippen LogP contribution in [0.25, 0.3) is 0 Å². The Hall–Kier alpha value is -6.89. The molecule has 1 fully saturated rings. The third-order valence-corrected chi connectivity index (χ3v) is 14.2. The van der Waals surface area contributed by atoms with Crippen molar-refractivity contribution in [1.29, 1.82) is 0 Å². The van der Waals surface area contributed by atoms with Gasteiger partial charge < -0.3 is 97.4 Å². The van der Waals surface area contributed by atoms with Crippen LogP contribution < -0.4 is 87.2 Å². The summed E-state index contributed by atoms with van der Waals surface area (Å²) >= 11 is 0. The van der Waals surface area contributed by atoms with Crippen LogP contribution in [0.3, 0.4) is 0 Å². The highest BCUT2D eigenvalue weighted by molar-refractivity contribution is 5.99. The Morgan fingerprint density at radius 2 is 1.04 bits per heavy atom. The lowest BCUT2D eigenvalue weighted by molar-refractivity contribution is -0.369. The molecule has 0 unspecified atom stereocenters. The van der Waals surface area contributed by atoms with E-state index in [1.54, 1.807) is 30.3 Å². The Balaban J connectivity index is 2.67. The Morgan fingerprint density at radius 1 is 0.553 bits per heavy atom. The maximum absolute atomic E-state index is 14.6. The van der Waals surface area contributed by atoms with Gasteiger partial charge in [0.15, 0.2) is 0 Å². The van der Waals surface area contributed by atoms with Gasteiger partial charge in [0.05, 0.1) is 44.9 Å². The van der Waals surface area contributed by atoms with E-state index < -0.39 is 145 Å². The van der Waals surface area contributed by atoms with Crippen LogP contribution in [0.4, 0.5) is 0 Å². The number of carbonyl (C=O) groups excluding carboxylic acids is 11. The van der Waals surface area contributed by atoms with Crippen molar-refractivity contribution in [2.45, 2.75) is 204 Å². The smallest absolute Gasteiger partial charge is 0.245 e. The quantitative estimate of drug-likeness (QED) is 0.0319. The summed E-state index contributed by atoms with van der Waals surface area (Å²) in [7, 11) is 0. The maximum atomic E-state index is 14.6. The second-order valence-electron chi connectivity index (χ2n) is 22.1. The second-order valence-corrected chi connectivity index (χ2v) is 22.1. The van der Waals surface area contributed by atoms with E-state index in [4.69, 9.17) is 0 Å². The number of quaternary nitrogens is 5. The fourth-order valence-corrected chi connectivity index (χ4v) is 9.39. The molecule has 1 heterocycles. The Morgan fingerprint density at radius 3 is 1.55 bits per heavy atom. The predicted octanol–water partition coefficient (Wildman–Crippen LogP) is -8.68. The number of aliphatic hydroxyl groups is 2. The third-order valence-electron chi connectivity index (χ3n) is 14.2. The average molecular weight is 1210 g/mol. The minimum absolute atomic E-state index is 0.0133. The lowest BCUT2D eigenvalue weighted by Crippen LogP contribution is -2.63. The summed E-state index contributed by atoms with van der Waals surface area (Å²) in [5, 5.41) is 50.4. The molecule has 0 radical (unpaired) electrons. The molecule has 0 bridgehead atoms. The van der Waals surface area contributed by atoms with Gasteiger partial charge in [0.1, 0.15) is 60.4 Å². The molecule has 29 heteroatoms. The zero-order chi connectivity index (χ0) is 63.6. The molecule has 1 saturated heterocycles. The Kier molecular flexibility index (Phi) is 35.3. The number of amides is 11. The fraction of sp³-hybridized carbons (Fsp3) is 0.696. The monoisotopic (exact) mass is 1210 g/mol. The van der Waals surface area contributed by atoms with Crippen molar-refractivity contribution in [3.05, 3.63) is 35.9 Å². The van der Waals surface area contributed by atoms with E-state index in [1.165, 1.54) is 13.8 Å². The van der Waals surface area contributed by atoms with Crippen LogP contribution in [0.1, 0.15) is 130 Å². The van der Waals surface area contributed by atoms with Crippen LogP contribution in [-0.4, -0.2) is 187 Å². The van der Waals surface area contributed by atoms with E-state index in [1.807, 2.05) is 13.8 Å². The summed E-state index contributed by atoms with van der Waals surface area (Å²) in [5.74, 6) is -9.26. The molecule has 2 rings (SSSR count). The number of hydrogen-bond donors (Lipinski definition) is 18. The molecule has 11 amide bonds. The molecule has 0 spiro atoms. The topological polar surface area (TPSA) is 499 Å². The first-order chi connectivity index (χ1) is 40.4. The summed E-state index contributed by atoms with van der Waals surface area (Å²) in [5.41, 5.74) is 19.7. The lowest BCUT2D eigenvalue weighted by Gasteiger charge is -2.28. The predicted molar refractivity (Wildman–Crippen MR) is 310 cm³/mol. The molecule has 1 aromatic rings. The molecule has 1 aliphatic heterocycles. The van der Waals surface area contributed by atoms with Gasteiger partial charge in [-0.1, -0.05) is 83.2 Å². The molecule has 1 aliphatic rings. The minimum Gasteiger partial charge on any atom is -0.391 e. The minimum atomic E-state index is -1.65. The van der Waals surface area contributed by atoms with E-state index in [0.717, 1.165) is 32.1 Å². The summed E-state index contributed by atoms with van der Waals surface area (Å²) < 4.78 is 0. The standard InChI is InChI=1S/C56H98N16O13/c1-6-7-8-9-10-14-17-44(75)63-36(18-24-57)51(80)72-46(34(5)74)56(85)68-39(21-27-60)48(77)67-41-23-29-62-55(84)45(33(4)73)71-52(81)40(22-28-61)65-47(76)37(19-25-58)66-53(82)42(30-32(2)3)69-54(83)43(31-35-15-12-11-13-16-35)70-49(78)38(20-26-59)64-50(41)79/h11-13,15-16,32-34,36-43,45-46,73-74H,6-10,14,17-31,57-61H2,1-5H3,(H,62,84)(H,63,75)(H,64,79)(H,65,76)(H,66,82)(H,67,77)(H,68,85)(H,69,83)(H,70,78)(H,71,81)(H,72,80)/p+5/t33-,34-,36+,37+,38+,39+,40+,41+,42+,43-,45+,46+/m1/s1. The molecule has 28 N–H and O–H groups in total. The molecule has 0 aromatic heterocycles. The number of carbonyl (C=O) groups is 11. The largest absolute Gasteiger partial charge is 0.391 e. The fourth-order valence-electron chi connectivity index (χ4n) is 9.39. The first-order valence-corrected chi connectivity index (χ1v) is 30.1. The average Bonchev–Trinajstić information content (AvgIpc) is 3.66. The summed E-state index contributed by atoms with van der Waals surface area (Å²) in [6, 6.07) is -5.41. The van der Waals surface area contributed by atoms with Gasteiger partial charge in [0.2, 0.25) is 65.0 Å². The molecule has 0 saturated carbocycles. The van der Waals surface area contributed by atoms with Crippen LogP contribution in [0, 0.1) is 5.92 Å². The lowest BCUT2D eigenvalue weighted by atomic mass is 10.00. The highest BCUT2D eigenvalue weighted by Crippen LogP contribution is 2.12. The number of aliphatic hydroxyl groups excluding tert-OH is 2. The van der Waals surface area contributed by atoms with Crippen molar-refractivity contribution in [2.24, 2.45) is 5.92 Å². The zero-order valence-electron chi connectivity index (χ0n) is 50.7. The molecule has 480 valence electrons. The number of benzene rings is 1. The van der Waals surface area contributed by atoms with Crippen molar-refractivity contribution in [3.63, 3.8) is 0 Å². The normalized spacial score (nSPS) is 22.5. The van der Waals surface area contributed by atoms with Gasteiger partial charge in [-0.25, -0.2) is 0 Å². The Bertz CT molecular complexity index is 2300. The highest BCUT2D eigenvalue weighted by atomic mass is 16.3. The maximum Gasteiger partial charge on any atom is 0.245 e. The van der Waals surface area contributed by atoms with E-state index >= 15 is 0 Å². The summed E-state index contributed by atoms with van der Waals surface area (Å²) in [6.45, 7) is 8.43. The number of unbranched alkanes of at least 4 members (excludes halogenated alkanes) is 5. The summed E-state index contributed by atoms with van der Waals surface area (Å²) in [6.07, 6.45) is 2.22. The molecular formula is C56H103N16O13+5. The number of hydrogen-bond acceptors (Lipinski definition) is 13. The van der Waals surface area contributed by atoms with Crippen LogP contribution in [0.5, 0.6) is 0 Å². The van der Waals surface area contributed by atoms with Gasteiger partial charge >= 0.3 is 0 Å². The molecule has 1 aromatic carbocycles. The Labute approximate surface area is 498 Å². The first-order valence-electron chi connectivity index (χ1n) is 30.1. The van der Waals surface area contributed by atoms with E-state index in [2.05, 4.69) is 94.1 Å². The first kappa shape index (κ1) is 74.2. The second kappa shape index (κ2) is 40.4. The van der Waals surface area contributed by atoms with Crippen molar-refractivity contribution >= 4 is 65.0 Å². The van der Waals surface area contributed by atoms with Gasteiger partial charge in [-0.05, 0) is 44.6 Å². The van der Waals surface area contributed by atoms with Gasteiger partial charge in [-0.2, -0.15) is 0 Å². The van der Waals surface area contributed by atoms with Crippen molar-refractivity contribution < 1.29 is 91.6 Å². The van der Waals surface area contributed by atoms with E-state index in [-0.39, 0.29) is 95.9 Å². The third kappa shape index (κ3) is 27.4. The van der Waals surface area contributed by atoms with Gasteiger partial charge in [-0.15, -0.1) is 0 Å². The van der Waals surface area contributed by atoms with Crippen LogP contribution in [-0.2, 0) is 59.2 Å². The molecule has 12 atom stereocenters. The number of rotatable bonds is 30. The molecule has 29 nitrogen and oxygen atoms in total. The van der Waals surface area contributed by atoms with Crippen molar-refractivity contribution in [2.75, 3.05) is 39.3 Å². The van der Waals surface area contributed by atoms with Crippen LogP contribution >= 0.6 is 0 Å². The molecule has 0 aliphatic carbocycles. The van der Waals surface area contributed by atoms with E-state index in [9.17, 15) is 63.0 Å². The van der Waals surface area contributed by atoms with Crippen molar-refractivity contribution in [3.8, 4) is 0 Å². The van der Waals surface area contributed by atoms with Crippen LogP contribution in [0.2, 0.25) is 0 Å². The highest BCUT2D eigenvalue weighted by Gasteiger charge is 2.38. The zero-order valence-corrected chi connectivity index (χ0v) is 50.7. The molecule has 85 heavy (non-hydrogen) atoms. The van der Waals surface area contributed by atoms with Gasteiger partial charge in [-0.3, -0.25) is 52.7 Å². The van der Waals surface area contributed by atoms with E-state index in [0.29, 0.717) is 12.0 Å². The summed E-state index contributed by atoms with van der Waals surface area (Å²) in [4.78, 5) is 154.